The van der Waals surface area contributed by atoms with Crippen molar-refractivity contribution in [3.05, 3.63) is 47.6 Å². The first-order valence-corrected chi connectivity index (χ1v) is 7.90. The molecule has 0 fully saturated rings. The van der Waals surface area contributed by atoms with E-state index in [1.54, 1.807) is 11.3 Å². The number of anilines is 2. The second kappa shape index (κ2) is 6.10. The highest BCUT2D eigenvalue weighted by Gasteiger charge is 2.10. The van der Waals surface area contributed by atoms with Gasteiger partial charge in [0.1, 0.15) is 10.6 Å². The highest BCUT2D eigenvalue weighted by Crippen LogP contribution is 2.25. The number of nitrogens with zero attached hydrogens (tertiary/aromatic N) is 3. The Morgan fingerprint density at radius 3 is 2.71 bits per heavy atom. The molecule has 1 N–H and O–H groups in total. The molecule has 0 saturated carbocycles. The number of hydrogen-bond acceptors (Lipinski definition) is 5. The van der Waals surface area contributed by atoms with Gasteiger partial charge in [-0.3, -0.25) is 0 Å². The number of hydrogen-bond donors (Lipinski definition) is 1. The molecule has 0 saturated heterocycles. The molecule has 0 aliphatic rings. The van der Waals surface area contributed by atoms with Crippen LogP contribution in [0.3, 0.4) is 0 Å². The number of aromatic nitrogens is 2. The third-order valence-corrected chi connectivity index (χ3v) is 4.10. The fourth-order valence-corrected chi connectivity index (χ4v) is 3.04. The van der Waals surface area contributed by atoms with Crippen molar-refractivity contribution in [1.29, 1.82) is 0 Å². The second-order valence-electron chi connectivity index (χ2n) is 4.85. The Bertz CT molecular complexity index is 723. The van der Waals surface area contributed by atoms with Gasteiger partial charge in [-0.25, -0.2) is 9.97 Å². The van der Waals surface area contributed by atoms with Gasteiger partial charge >= 0.3 is 0 Å². The summed E-state index contributed by atoms with van der Waals surface area (Å²) in [6.07, 6.45) is 0. The molecule has 0 radical (unpaired) electrons. The lowest BCUT2D eigenvalue weighted by atomic mass is 10.3. The van der Waals surface area contributed by atoms with Crippen LogP contribution in [0.2, 0.25) is 0 Å². The Morgan fingerprint density at radius 2 is 1.95 bits per heavy atom. The largest absolute Gasteiger partial charge is 0.370 e. The Balaban J connectivity index is 1.90. The zero-order valence-electron chi connectivity index (χ0n) is 12.2. The predicted octanol–water partition coefficient (Wildman–Crippen LogP) is 3.76. The molecule has 108 valence electrons. The van der Waals surface area contributed by atoms with E-state index in [4.69, 9.17) is 0 Å². The average Bonchev–Trinajstić information content (AvgIpc) is 2.97. The SMILES string of the molecule is CCNc1nc(CN(C)c2ccccc2)nc2sccc12. The van der Waals surface area contributed by atoms with Crippen molar-refractivity contribution in [2.75, 3.05) is 23.8 Å². The number of nitrogens with one attached hydrogen (secondary N) is 1. The molecule has 1 aromatic carbocycles. The molecule has 3 rings (SSSR count). The summed E-state index contributed by atoms with van der Waals surface area (Å²) in [5.74, 6) is 1.77. The fraction of sp³-hybridized carbons (Fsp3) is 0.250. The van der Waals surface area contributed by atoms with Crippen LogP contribution >= 0.6 is 11.3 Å². The van der Waals surface area contributed by atoms with Crippen molar-refractivity contribution in [1.82, 2.24) is 9.97 Å². The first-order chi connectivity index (χ1) is 10.3. The molecule has 0 aliphatic carbocycles. The van der Waals surface area contributed by atoms with Crippen molar-refractivity contribution in [3.63, 3.8) is 0 Å². The van der Waals surface area contributed by atoms with E-state index in [0.29, 0.717) is 6.54 Å². The zero-order valence-corrected chi connectivity index (χ0v) is 13.0. The van der Waals surface area contributed by atoms with E-state index in [2.05, 4.69) is 57.7 Å². The number of para-hydroxylation sites is 1. The molecular weight excluding hydrogens is 280 g/mol. The van der Waals surface area contributed by atoms with Crippen molar-refractivity contribution < 1.29 is 0 Å². The molecular formula is C16H18N4S. The van der Waals surface area contributed by atoms with E-state index in [9.17, 15) is 0 Å². The molecule has 0 unspecified atom stereocenters. The van der Waals surface area contributed by atoms with Crippen LogP contribution in [0.15, 0.2) is 41.8 Å². The van der Waals surface area contributed by atoms with Crippen LogP contribution in [0, 0.1) is 0 Å². The molecule has 3 aromatic rings. The van der Waals surface area contributed by atoms with Crippen molar-refractivity contribution in [2.45, 2.75) is 13.5 Å². The van der Waals surface area contributed by atoms with Crippen molar-refractivity contribution in [3.8, 4) is 0 Å². The number of fused-ring (bicyclic) bond motifs is 1. The van der Waals surface area contributed by atoms with E-state index < -0.39 is 0 Å². The summed E-state index contributed by atoms with van der Waals surface area (Å²) in [4.78, 5) is 12.5. The summed E-state index contributed by atoms with van der Waals surface area (Å²) in [7, 11) is 2.06. The lowest BCUT2D eigenvalue weighted by Gasteiger charge is -2.18. The Labute approximate surface area is 128 Å². The highest BCUT2D eigenvalue weighted by molar-refractivity contribution is 7.16. The van der Waals surface area contributed by atoms with Gasteiger partial charge in [-0.1, -0.05) is 18.2 Å². The molecule has 0 aliphatic heterocycles. The van der Waals surface area contributed by atoms with Gasteiger partial charge < -0.3 is 10.2 Å². The van der Waals surface area contributed by atoms with Crippen LogP contribution in [-0.2, 0) is 6.54 Å². The first-order valence-electron chi connectivity index (χ1n) is 7.02. The summed E-state index contributed by atoms with van der Waals surface area (Å²) in [6.45, 7) is 3.63. The second-order valence-corrected chi connectivity index (χ2v) is 5.74. The summed E-state index contributed by atoms with van der Waals surface area (Å²) in [5, 5.41) is 6.49. The van der Waals surface area contributed by atoms with Crippen LogP contribution in [0.5, 0.6) is 0 Å². The third-order valence-electron chi connectivity index (χ3n) is 3.29. The lowest BCUT2D eigenvalue weighted by molar-refractivity contribution is 0.849. The zero-order chi connectivity index (χ0) is 14.7. The first kappa shape index (κ1) is 13.8. The minimum atomic E-state index is 0.691. The van der Waals surface area contributed by atoms with Gasteiger partial charge in [0.05, 0.1) is 11.9 Å². The number of thiophene rings is 1. The van der Waals surface area contributed by atoms with Crippen LogP contribution in [0.25, 0.3) is 10.2 Å². The van der Waals surface area contributed by atoms with Crippen LogP contribution in [-0.4, -0.2) is 23.6 Å². The number of benzene rings is 1. The summed E-state index contributed by atoms with van der Waals surface area (Å²) in [5.41, 5.74) is 1.16. The van der Waals surface area contributed by atoms with Crippen molar-refractivity contribution in [2.24, 2.45) is 0 Å². The maximum atomic E-state index is 4.67. The molecule has 0 atom stereocenters. The summed E-state index contributed by atoms with van der Waals surface area (Å²) < 4.78 is 0. The van der Waals surface area contributed by atoms with Gasteiger partial charge in [0.15, 0.2) is 5.82 Å². The topological polar surface area (TPSA) is 41.1 Å². The van der Waals surface area contributed by atoms with Gasteiger partial charge in [0.2, 0.25) is 0 Å². The van der Waals surface area contributed by atoms with Crippen LogP contribution in [0.4, 0.5) is 11.5 Å². The lowest BCUT2D eigenvalue weighted by Crippen LogP contribution is -2.18. The standard InChI is InChI=1S/C16H18N4S/c1-3-17-15-13-9-10-21-16(13)19-14(18-15)11-20(2)12-7-5-4-6-8-12/h4-10H,3,11H2,1-2H3,(H,17,18,19). The van der Waals surface area contributed by atoms with Gasteiger partial charge in [0, 0.05) is 19.3 Å². The molecule has 0 amide bonds. The van der Waals surface area contributed by atoms with Crippen LogP contribution in [0.1, 0.15) is 12.7 Å². The van der Waals surface area contributed by atoms with E-state index in [1.807, 2.05) is 18.2 Å². The average molecular weight is 298 g/mol. The van der Waals surface area contributed by atoms with E-state index in [0.717, 1.165) is 34.1 Å². The van der Waals surface area contributed by atoms with Gasteiger partial charge in [-0.15, -0.1) is 11.3 Å². The summed E-state index contributed by atoms with van der Waals surface area (Å²) in [6, 6.07) is 12.4. The minimum Gasteiger partial charge on any atom is -0.370 e. The Morgan fingerprint density at radius 1 is 1.14 bits per heavy atom. The molecule has 2 aromatic heterocycles. The summed E-state index contributed by atoms with van der Waals surface area (Å²) >= 11 is 1.65. The van der Waals surface area contributed by atoms with Gasteiger partial charge in [-0.2, -0.15) is 0 Å². The quantitative estimate of drug-likeness (QED) is 0.778. The smallest absolute Gasteiger partial charge is 0.151 e. The highest BCUT2D eigenvalue weighted by atomic mass is 32.1. The van der Waals surface area contributed by atoms with E-state index in [1.165, 1.54) is 0 Å². The van der Waals surface area contributed by atoms with Crippen molar-refractivity contribution >= 4 is 33.1 Å². The predicted molar refractivity (Wildman–Crippen MR) is 90.1 cm³/mol. The third kappa shape index (κ3) is 2.97. The normalized spacial score (nSPS) is 10.8. The molecule has 5 heteroatoms. The van der Waals surface area contributed by atoms with Gasteiger partial charge in [-0.05, 0) is 30.5 Å². The molecule has 0 bridgehead atoms. The Hall–Kier alpha value is -2.14. The maximum absolute atomic E-state index is 4.67. The maximum Gasteiger partial charge on any atom is 0.151 e. The van der Waals surface area contributed by atoms with E-state index in [-0.39, 0.29) is 0 Å². The monoisotopic (exact) mass is 298 g/mol. The molecule has 0 spiro atoms. The molecule has 21 heavy (non-hydrogen) atoms. The Kier molecular flexibility index (Phi) is 4.01. The van der Waals surface area contributed by atoms with Gasteiger partial charge in [0.25, 0.3) is 0 Å². The van der Waals surface area contributed by atoms with E-state index >= 15 is 0 Å². The van der Waals surface area contributed by atoms with Crippen LogP contribution < -0.4 is 10.2 Å². The molecule has 4 nitrogen and oxygen atoms in total. The molecule has 2 heterocycles. The fourth-order valence-electron chi connectivity index (χ4n) is 2.26. The number of rotatable bonds is 5. The minimum absolute atomic E-state index is 0.691.